The van der Waals surface area contributed by atoms with E-state index in [1.54, 1.807) is 18.3 Å². The van der Waals surface area contributed by atoms with Crippen LogP contribution in [-0.2, 0) is 4.79 Å². The van der Waals surface area contributed by atoms with Crippen LogP contribution < -0.4 is 10.6 Å². The molecule has 0 bridgehead atoms. The number of pyridine rings is 1. The number of rotatable bonds is 6. The fraction of sp³-hybridized carbons (Fsp3) is 0.143. The number of nitrogens with one attached hydrogen (secondary N) is 2. The predicted octanol–water partition coefficient (Wildman–Crippen LogP) is 4.36. The van der Waals surface area contributed by atoms with Crippen LogP contribution in [0.5, 0.6) is 0 Å². The molecular formula is C21H20ClN3O. The molecule has 2 N–H and O–H groups in total. The van der Waals surface area contributed by atoms with E-state index < -0.39 is 0 Å². The van der Waals surface area contributed by atoms with Crippen LogP contribution in [0.2, 0.25) is 5.15 Å². The first-order valence-electron chi connectivity index (χ1n) is 8.39. The first kappa shape index (κ1) is 18.1. The average molecular weight is 366 g/mol. The van der Waals surface area contributed by atoms with Crippen LogP contribution in [0.4, 0.5) is 5.69 Å². The maximum absolute atomic E-state index is 12.3. The average Bonchev–Trinajstić information content (AvgIpc) is 2.66. The molecular weight excluding hydrogens is 346 g/mol. The van der Waals surface area contributed by atoms with E-state index in [1.165, 1.54) is 5.56 Å². The van der Waals surface area contributed by atoms with Crippen molar-refractivity contribution >= 4 is 23.2 Å². The smallest absolute Gasteiger partial charge is 0.238 e. The molecule has 0 aliphatic rings. The molecule has 132 valence electrons. The van der Waals surface area contributed by atoms with Gasteiger partial charge in [-0.2, -0.15) is 0 Å². The zero-order valence-corrected chi connectivity index (χ0v) is 15.2. The minimum Gasteiger partial charge on any atom is -0.322 e. The number of hydrogen-bond acceptors (Lipinski definition) is 3. The molecule has 0 aliphatic carbocycles. The Hall–Kier alpha value is -2.69. The van der Waals surface area contributed by atoms with Crippen LogP contribution in [0.1, 0.15) is 22.7 Å². The summed E-state index contributed by atoms with van der Waals surface area (Å²) in [5.41, 5.74) is 3.91. The van der Waals surface area contributed by atoms with Crippen molar-refractivity contribution in [3.05, 3.63) is 94.8 Å². The van der Waals surface area contributed by atoms with Gasteiger partial charge < -0.3 is 5.32 Å². The molecule has 5 heteroatoms. The summed E-state index contributed by atoms with van der Waals surface area (Å²) < 4.78 is 0. The summed E-state index contributed by atoms with van der Waals surface area (Å²) in [6.07, 6.45) is 1.58. The third-order valence-corrected chi connectivity index (χ3v) is 4.34. The molecule has 1 aromatic heterocycles. The van der Waals surface area contributed by atoms with Gasteiger partial charge in [-0.05, 0) is 30.2 Å². The van der Waals surface area contributed by atoms with Gasteiger partial charge in [-0.3, -0.25) is 10.1 Å². The number of hydrogen-bond donors (Lipinski definition) is 2. The molecule has 0 spiro atoms. The number of carbonyl (C=O) groups is 1. The van der Waals surface area contributed by atoms with Gasteiger partial charge in [0.15, 0.2) is 5.15 Å². The summed E-state index contributed by atoms with van der Waals surface area (Å²) in [5, 5.41) is 6.39. The Kier molecular flexibility index (Phi) is 6.00. The molecule has 0 radical (unpaired) electrons. The zero-order chi connectivity index (χ0) is 18.4. The van der Waals surface area contributed by atoms with E-state index in [-0.39, 0.29) is 23.6 Å². The normalized spacial score (nSPS) is 11.8. The van der Waals surface area contributed by atoms with Gasteiger partial charge >= 0.3 is 0 Å². The third-order valence-electron chi connectivity index (χ3n) is 4.04. The van der Waals surface area contributed by atoms with Crippen LogP contribution in [0.25, 0.3) is 0 Å². The summed E-state index contributed by atoms with van der Waals surface area (Å²) >= 11 is 5.99. The number of amides is 1. The summed E-state index contributed by atoms with van der Waals surface area (Å²) in [4.78, 5) is 16.3. The summed E-state index contributed by atoms with van der Waals surface area (Å²) in [6.45, 7) is 2.21. The van der Waals surface area contributed by atoms with Crippen molar-refractivity contribution < 1.29 is 4.79 Å². The van der Waals surface area contributed by atoms with Crippen LogP contribution in [0.15, 0.2) is 72.9 Å². The zero-order valence-electron chi connectivity index (χ0n) is 14.4. The van der Waals surface area contributed by atoms with Crippen LogP contribution in [-0.4, -0.2) is 17.4 Å². The molecule has 1 heterocycles. The Morgan fingerprint density at radius 2 is 1.69 bits per heavy atom. The molecule has 0 unspecified atom stereocenters. The fourth-order valence-electron chi connectivity index (χ4n) is 2.70. The number of carbonyl (C=O) groups excluding carboxylic acids is 1. The SMILES string of the molecule is Cc1ccc([C@H](NCC(=O)Nc2cccnc2Cl)c2ccccc2)cc1. The van der Waals surface area contributed by atoms with Crippen molar-refractivity contribution in [2.45, 2.75) is 13.0 Å². The van der Waals surface area contributed by atoms with Gasteiger partial charge in [-0.25, -0.2) is 4.98 Å². The fourth-order valence-corrected chi connectivity index (χ4v) is 2.87. The van der Waals surface area contributed by atoms with E-state index in [4.69, 9.17) is 11.6 Å². The topological polar surface area (TPSA) is 54.0 Å². The second kappa shape index (κ2) is 8.61. The van der Waals surface area contributed by atoms with Gasteiger partial charge in [0.1, 0.15) is 0 Å². The van der Waals surface area contributed by atoms with E-state index in [1.807, 2.05) is 30.3 Å². The molecule has 0 saturated heterocycles. The highest BCUT2D eigenvalue weighted by atomic mass is 35.5. The van der Waals surface area contributed by atoms with Crippen molar-refractivity contribution in [1.82, 2.24) is 10.3 Å². The second-order valence-electron chi connectivity index (χ2n) is 6.03. The Morgan fingerprint density at radius 1 is 1.00 bits per heavy atom. The number of aromatic nitrogens is 1. The molecule has 26 heavy (non-hydrogen) atoms. The standard InChI is InChI=1S/C21H20ClN3O/c1-15-9-11-17(12-10-15)20(16-6-3-2-4-7-16)24-14-19(26)25-18-8-5-13-23-21(18)22/h2-13,20,24H,14H2,1H3,(H,25,26)/t20-/m1/s1. The lowest BCUT2D eigenvalue weighted by Gasteiger charge is -2.20. The molecule has 0 fully saturated rings. The monoisotopic (exact) mass is 365 g/mol. The minimum absolute atomic E-state index is 0.0769. The van der Waals surface area contributed by atoms with Crippen molar-refractivity contribution in [1.29, 1.82) is 0 Å². The molecule has 2 aromatic carbocycles. The van der Waals surface area contributed by atoms with E-state index in [0.29, 0.717) is 5.69 Å². The molecule has 4 nitrogen and oxygen atoms in total. The molecule has 0 saturated carbocycles. The van der Waals surface area contributed by atoms with Gasteiger partial charge in [0.25, 0.3) is 0 Å². The van der Waals surface area contributed by atoms with Crippen molar-refractivity contribution in [3.63, 3.8) is 0 Å². The Morgan fingerprint density at radius 3 is 2.38 bits per heavy atom. The van der Waals surface area contributed by atoms with E-state index in [9.17, 15) is 4.79 Å². The lowest BCUT2D eigenvalue weighted by atomic mass is 9.98. The molecule has 3 rings (SSSR count). The number of halogens is 1. The molecule has 3 aromatic rings. The highest BCUT2D eigenvalue weighted by Crippen LogP contribution is 2.22. The van der Waals surface area contributed by atoms with E-state index in [0.717, 1.165) is 11.1 Å². The first-order chi connectivity index (χ1) is 12.6. The quantitative estimate of drug-likeness (QED) is 0.638. The maximum Gasteiger partial charge on any atom is 0.238 e. The summed E-state index contributed by atoms with van der Waals surface area (Å²) in [7, 11) is 0. The number of aryl methyl sites for hydroxylation is 1. The first-order valence-corrected chi connectivity index (χ1v) is 8.76. The predicted molar refractivity (Wildman–Crippen MR) is 105 cm³/mol. The molecule has 0 aliphatic heterocycles. The highest BCUT2D eigenvalue weighted by molar-refractivity contribution is 6.32. The van der Waals surface area contributed by atoms with Crippen molar-refractivity contribution in [2.75, 3.05) is 11.9 Å². The largest absolute Gasteiger partial charge is 0.322 e. The van der Waals surface area contributed by atoms with Crippen LogP contribution in [0.3, 0.4) is 0 Å². The van der Waals surface area contributed by atoms with E-state index in [2.05, 4.69) is 46.8 Å². The summed E-state index contributed by atoms with van der Waals surface area (Å²) in [6, 6.07) is 21.7. The number of nitrogens with zero attached hydrogens (tertiary/aromatic N) is 1. The van der Waals surface area contributed by atoms with Crippen LogP contribution >= 0.6 is 11.6 Å². The maximum atomic E-state index is 12.3. The van der Waals surface area contributed by atoms with E-state index >= 15 is 0 Å². The lowest BCUT2D eigenvalue weighted by molar-refractivity contribution is -0.115. The number of anilines is 1. The van der Waals surface area contributed by atoms with Crippen LogP contribution in [0, 0.1) is 6.92 Å². The molecule has 1 amide bonds. The Labute approximate surface area is 158 Å². The molecule has 1 atom stereocenters. The third kappa shape index (κ3) is 4.69. The van der Waals surface area contributed by atoms with Gasteiger partial charge in [-0.15, -0.1) is 0 Å². The summed E-state index contributed by atoms with van der Waals surface area (Å²) in [5.74, 6) is -0.173. The van der Waals surface area contributed by atoms with Gasteiger partial charge in [0.05, 0.1) is 18.3 Å². The van der Waals surface area contributed by atoms with Gasteiger partial charge in [-0.1, -0.05) is 71.8 Å². The second-order valence-corrected chi connectivity index (χ2v) is 6.38. The minimum atomic E-state index is -0.173. The Balaban J connectivity index is 1.73. The van der Waals surface area contributed by atoms with Gasteiger partial charge in [0.2, 0.25) is 5.91 Å². The highest BCUT2D eigenvalue weighted by Gasteiger charge is 2.15. The Bertz CT molecular complexity index is 866. The van der Waals surface area contributed by atoms with Crippen molar-refractivity contribution in [2.24, 2.45) is 0 Å². The van der Waals surface area contributed by atoms with Crippen molar-refractivity contribution in [3.8, 4) is 0 Å². The van der Waals surface area contributed by atoms with Gasteiger partial charge in [0, 0.05) is 6.20 Å². The lowest BCUT2D eigenvalue weighted by Crippen LogP contribution is -2.32. The number of benzene rings is 2.